The molecule has 0 saturated carbocycles. The van der Waals surface area contributed by atoms with Gasteiger partial charge in [0.05, 0.1) is 7.11 Å². The molecule has 3 N–H and O–H groups in total. The number of esters is 1. The number of methoxy groups -OCH3 is 1. The van der Waals surface area contributed by atoms with E-state index in [1.807, 2.05) is 30.3 Å². The molecule has 1 amide bonds. The molecule has 5 nitrogen and oxygen atoms in total. The van der Waals surface area contributed by atoms with Crippen molar-refractivity contribution in [1.29, 1.82) is 0 Å². The summed E-state index contributed by atoms with van der Waals surface area (Å²) < 4.78 is 4.71. The van der Waals surface area contributed by atoms with E-state index >= 15 is 0 Å². The standard InChI is InChI=1S/C14H20N2O3/c1-10(15)8-13(17)16-12(14(18)19-2)9-11-6-4-3-5-7-11/h3-7,10,12H,8-9,15H2,1-2H3,(H,16,17). The smallest absolute Gasteiger partial charge is 0.328 e. The van der Waals surface area contributed by atoms with Crippen molar-refractivity contribution < 1.29 is 14.3 Å². The number of rotatable bonds is 6. The van der Waals surface area contributed by atoms with Crippen LogP contribution in [-0.4, -0.2) is 31.1 Å². The summed E-state index contributed by atoms with van der Waals surface area (Å²) in [6.45, 7) is 1.74. The van der Waals surface area contributed by atoms with Crippen LogP contribution in [0.2, 0.25) is 0 Å². The molecule has 0 bridgehead atoms. The molecule has 104 valence electrons. The van der Waals surface area contributed by atoms with E-state index in [9.17, 15) is 9.59 Å². The van der Waals surface area contributed by atoms with Crippen LogP contribution in [0.15, 0.2) is 30.3 Å². The summed E-state index contributed by atoms with van der Waals surface area (Å²) in [5, 5.41) is 2.65. The summed E-state index contributed by atoms with van der Waals surface area (Å²) in [5.41, 5.74) is 6.51. The lowest BCUT2D eigenvalue weighted by atomic mass is 10.1. The van der Waals surface area contributed by atoms with Gasteiger partial charge in [-0.3, -0.25) is 4.79 Å². The molecule has 0 saturated heterocycles. The normalized spacial score (nSPS) is 13.4. The van der Waals surface area contributed by atoms with E-state index in [2.05, 4.69) is 5.32 Å². The minimum atomic E-state index is -0.682. The Hall–Kier alpha value is -1.88. The molecular weight excluding hydrogens is 244 g/mol. The van der Waals surface area contributed by atoms with Crippen LogP contribution in [0, 0.1) is 0 Å². The van der Waals surface area contributed by atoms with Crippen molar-refractivity contribution in [3.8, 4) is 0 Å². The molecule has 0 heterocycles. The summed E-state index contributed by atoms with van der Waals surface area (Å²) in [7, 11) is 1.30. The predicted molar refractivity (Wildman–Crippen MR) is 72.4 cm³/mol. The number of ether oxygens (including phenoxy) is 1. The largest absolute Gasteiger partial charge is 0.467 e. The average molecular weight is 264 g/mol. The summed E-state index contributed by atoms with van der Waals surface area (Å²) >= 11 is 0. The van der Waals surface area contributed by atoms with E-state index in [1.54, 1.807) is 6.92 Å². The molecule has 0 spiro atoms. The fraction of sp³-hybridized carbons (Fsp3) is 0.429. The molecule has 5 heteroatoms. The second-order valence-electron chi connectivity index (χ2n) is 4.51. The van der Waals surface area contributed by atoms with Crippen molar-refractivity contribution >= 4 is 11.9 Å². The number of nitrogens with one attached hydrogen (secondary N) is 1. The quantitative estimate of drug-likeness (QED) is 0.738. The first kappa shape index (κ1) is 15.2. The molecule has 0 fully saturated rings. The zero-order valence-electron chi connectivity index (χ0n) is 11.3. The van der Waals surface area contributed by atoms with E-state index < -0.39 is 12.0 Å². The van der Waals surface area contributed by atoms with Gasteiger partial charge in [-0.2, -0.15) is 0 Å². The third-order valence-corrected chi connectivity index (χ3v) is 2.61. The Bertz CT molecular complexity index is 418. The minimum Gasteiger partial charge on any atom is -0.467 e. The minimum absolute atomic E-state index is 0.183. The molecule has 2 atom stereocenters. The maximum absolute atomic E-state index is 11.7. The van der Waals surface area contributed by atoms with Gasteiger partial charge in [0, 0.05) is 18.9 Å². The Morgan fingerprint density at radius 2 is 1.95 bits per heavy atom. The van der Waals surface area contributed by atoms with Gasteiger partial charge in [-0.05, 0) is 12.5 Å². The molecule has 0 aliphatic carbocycles. The predicted octanol–water partition coefficient (Wildman–Crippen LogP) is 0.624. The average Bonchev–Trinajstić information content (AvgIpc) is 2.37. The van der Waals surface area contributed by atoms with Crippen molar-refractivity contribution in [3.63, 3.8) is 0 Å². The van der Waals surface area contributed by atoms with Crippen LogP contribution in [0.4, 0.5) is 0 Å². The Labute approximate surface area is 113 Å². The van der Waals surface area contributed by atoms with Crippen LogP contribution < -0.4 is 11.1 Å². The number of carbonyl (C=O) groups excluding carboxylic acids is 2. The SMILES string of the molecule is COC(=O)C(Cc1ccccc1)NC(=O)CC(C)N. The van der Waals surface area contributed by atoms with Crippen molar-refractivity contribution in [2.75, 3.05) is 7.11 Å². The summed E-state index contributed by atoms with van der Waals surface area (Å²) in [5.74, 6) is -0.705. The maximum Gasteiger partial charge on any atom is 0.328 e. The third-order valence-electron chi connectivity index (χ3n) is 2.61. The van der Waals surface area contributed by atoms with Gasteiger partial charge in [-0.15, -0.1) is 0 Å². The monoisotopic (exact) mass is 264 g/mol. The lowest BCUT2D eigenvalue weighted by Gasteiger charge is -2.17. The van der Waals surface area contributed by atoms with E-state index in [4.69, 9.17) is 10.5 Å². The second kappa shape index (κ2) is 7.53. The molecule has 1 aromatic carbocycles. The molecule has 2 unspecified atom stereocenters. The zero-order valence-corrected chi connectivity index (χ0v) is 11.3. The first-order valence-corrected chi connectivity index (χ1v) is 6.19. The van der Waals surface area contributed by atoms with Crippen LogP contribution in [0.25, 0.3) is 0 Å². The molecule has 1 aromatic rings. The van der Waals surface area contributed by atoms with Crippen LogP contribution >= 0.6 is 0 Å². The number of carbonyl (C=O) groups is 2. The van der Waals surface area contributed by atoms with Gasteiger partial charge in [-0.1, -0.05) is 30.3 Å². The van der Waals surface area contributed by atoms with Crippen LogP contribution in [0.1, 0.15) is 18.9 Å². The maximum atomic E-state index is 11.7. The van der Waals surface area contributed by atoms with E-state index in [1.165, 1.54) is 7.11 Å². The van der Waals surface area contributed by atoms with E-state index in [0.29, 0.717) is 6.42 Å². The highest BCUT2D eigenvalue weighted by molar-refractivity contribution is 5.84. The van der Waals surface area contributed by atoms with Gasteiger partial charge in [0.2, 0.25) is 5.91 Å². The van der Waals surface area contributed by atoms with Gasteiger partial charge in [0.15, 0.2) is 0 Å². The highest BCUT2D eigenvalue weighted by Crippen LogP contribution is 2.05. The Balaban J connectivity index is 2.67. The molecule has 0 radical (unpaired) electrons. The number of hydrogen-bond donors (Lipinski definition) is 2. The van der Waals surface area contributed by atoms with Crippen molar-refractivity contribution in [2.45, 2.75) is 31.8 Å². The van der Waals surface area contributed by atoms with Crippen LogP contribution in [-0.2, 0) is 20.7 Å². The fourth-order valence-corrected chi connectivity index (χ4v) is 1.73. The summed E-state index contributed by atoms with van der Waals surface area (Å²) in [6, 6.07) is 8.53. The highest BCUT2D eigenvalue weighted by Gasteiger charge is 2.22. The van der Waals surface area contributed by atoms with Gasteiger partial charge in [0.25, 0.3) is 0 Å². The first-order chi connectivity index (χ1) is 9.02. The van der Waals surface area contributed by atoms with Gasteiger partial charge >= 0.3 is 5.97 Å². The molecule has 1 rings (SSSR count). The fourth-order valence-electron chi connectivity index (χ4n) is 1.73. The second-order valence-corrected chi connectivity index (χ2v) is 4.51. The van der Waals surface area contributed by atoms with Gasteiger partial charge in [0.1, 0.15) is 6.04 Å². The number of amides is 1. The zero-order chi connectivity index (χ0) is 14.3. The van der Waals surface area contributed by atoms with Gasteiger partial charge in [-0.25, -0.2) is 4.79 Å². The summed E-state index contributed by atoms with van der Waals surface area (Å²) in [6.07, 6.45) is 0.584. The van der Waals surface area contributed by atoms with Crippen molar-refractivity contribution in [3.05, 3.63) is 35.9 Å². The van der Waals surface area contributed by atoms with Crippen molar-refractivity contribution in [1.82, 2.24) is 5.32 Å². The number of hydrogen-bond acceptors (Lipinski definition) is 4. The van der Waals surface area contributed by atoms with E-state index in [0.717, 1.165) is 5.56 Å². The topological polar surface area (TPSA) is 81.4 Å². The van der Waals surface area contributed by atoms with E-state index in [-0.39, 0.29) is 18.4 Å². The van der Waals surface area contributed by atoms with Crippen LogP contribution in [0.3, 0.4) is 0 Å². The van der Waals surface area contributed by atoms with Crippen LogP contribution in [0.5, 0.6) is 0 Å². The Morgan fingerprint density at radius 3 is 2.47 bits per heavy atom. The lowest BCUT2D eigenvalue weighted by molar-refractivity contribution is -0.145. The first-order valence-electron chi connectivity index (χ1n) is 6.19. The molecule has 0 aliphatic rings. The van der Waals surface area contributed by atoms with Crippen molar-refractivity contribution in [2.24, 2.45) is 5.73 Å². The Kier molecular flexibility index (Phi) is 6.02. The molecule has 0 aliphatic heterocycles. The molecule has 0 aromatic heterocycles. The Morgan fingerprint density at radius 1 is 1.32 bits per heavy atom. The molecule has 19 heavy (non-hydrogen) atoms. The highest BCUT2D eigenvalue weighted by atomic mass is 16.5. The lowest BCUT2D eigenvalue weighted by Crippen LogP contribution is -2.44. The van der Waals surface area contributed by atoms with Gasteiger partial charge < -0.3 is 15.8 Å². The molecular formula is C14H20N2O3. The number of nitrogens with two attached hydrogens (primary N) is 1. The third kappa shape index (κ3) is 5.52. The summed E-state index contributed by atoms with van der Waals surface area (Å²) in [4.78, 5) is 23.3. The number of benzene rings is 1.